The number of rotatable bonds is 4. The van der Waals surface area contributed by atoms with Crippen LogP contribution < -0.4 is 39.7 Å². The second kappa shape index (κ2) is 28.9. The molecule has 12 aliphatic rings. The zero-order valence-corrected chi connectivity index (χ0v) is 59.0. The van der Waals surface area contributed by atoms with Gasteiger partial charge in [-0.1, -0.05) is 130 Å². The smallest absolute Gasteiger partial charge is 0.550 e. The third-order valence-corrected chi connectivity index (χ3v) is 26.2. The summed E-state index contributed by atoms with van der Waals surface area (Å²) < 4.78 is 26.1. The number of amides is 2. The van der Waals surface area contributed by atoms with E-state index in [1.807, 2.05) is 70.5 Å². The van der Waals surface area contributed by atoms with E-state index in [-0.39, 0.29) is 89.1 Å². The predicted molar refractivity (Wildman–Crippen MR) is 344 cm³/mol. The molecule has 91 heavy (non-hydrogen) atoms. The second-order valence-electron chi connectivity index (χ2n) is 31.0. The molecule has 2 aromatic rings. The van der Waals surface area contributed by atoms with Crippen molar-refractivity contribution in [3.63, 3.8) is 0 Å². The second-order valence-corrected chi connectivity index (χ2v) is 31.2. The van der Waals surface area contributed by atoms with Crippen LogP contribution in [0.15, 0.2) is 88.1 Å². The number of carbonyl (C=O) groups excluding carboxylic acids is 4. The van der Waals surface area contributed by atoms with E-state index in [2.05, 4.69) is 72.3 Å². The van der Waals surface area contributed by atoms with Gasteiger partial charge < -0.3 is 49.1 Å². The van der Waals surface area contributed by atoms with E-state index in [9.17, 15) is 19.6 Å². The van der Waals surface area contributed by atoms with Gasteiger partial charge in [-0.25, -0.2) is 9.59 Å². The number of hydrogen-bond donors (Lipinski definition) is 3. The molecule has 4 aliphatic heterocycles. The number of hydrogen-bond acceptors (Lipinski definition) is 13. The molecule has 494 valence electrons. The molecule has 17 heteroatoms. The minimum Gasteiger partial charge on any atom is -0.550 e. The Bertz CT molecular complexity index is 3020. The van der Waals surface area contributed by atoms with Crippen molar-refractivity contribution in [3.8, 4) is 0 Å². The van der Waals surface area contributed by atoms with Crippen LogP contribution >= 0.6 is 11.8 Å². The van der Waals surface area contributed by atoms with E-state index in [1.54, 1.807) is 22.3 Å². The van der Waals surface area contributed by atoms with Crippen LogP contribution in [-0.4, -0.2) is 98.4 Å². The van der Waals surface area contributed by atoms with Crippen LogP contribution in [0.2, 0.25) is 0 Å². The van der Waals surface area contributed by atoms with Crippen LogP contribution in [0.5, 0.6) is 0 Å². The fraction of sp³-hybridized carbons (Fsp3) is 0.716. The van der Waals surface area contributed by atoms with E-state index in [4.69, 9.17) is 34.1 Å². The van der Waals surface area contributed by atoms with Crippen LogP contribution in [-0.2, 0) is 41.8 Å². The normalized spacial score (nSPS) is 40.4. The first-order valence-corrected chi connectivity index (χ1v) is 35.0. The summed E-state index contributed by atoms with van der Waals surface area (Å²) in [6, 6.07) is 20.1. The van der Waals surface area contributed by atoms with Gasteiger partial charge in [0, 0.05) is 55.5 Å². The van der Waals surface area contributed by atoms with Crippen molar-refractivity contribution in [2.24, 2.45) is 87.0 Å². The van der Waals surface area contributed by atoms with Crippen molar-refractivity contribution in [3.05, 3.63) is 94.1 Å². The number of carbonyl (C=O) groups is 4. The quantitative estimate of drug-likeness (QED) is 0.0862. The van der Waals surface area contributed by atoms with Gasteiger partial charge in [0.1, 0.15) is 19.0 Å². The molecule has 2 amide bonds. The maximum atomic E-state index is 13.5. The van der Waals surface area contributed by atoms with Gasteiger partial charge in [0.15, 0.2) is 0 Å². The molecule has 3 N–H and O–H groups in total. The largest absolute Gasteiger partial charge is 1.00 e. The number of likely N-dealkylation sites (tertiary alicyclic amines) is 2. The number of ether oxygens (including phenoxy) is 4. The monoisotopic (exact) mass is 1280 g/mol. The number of benzene rings is 2. The Morgan fingerprint density at radius 2 is 1.07 bits per heavy atom. The van der Waals surface area contributed by atoms with Gasteiger partial charge in [-0.15, -0.1) is 5.00 Å². The van der Waals surface area contributed by atoms with E-state index < -0.39 is 5.97 Å². The molecular weight excluding hydrogens is 1180 g/mol. The average molecular weight is 1280 g/mol. The molecule has 8 aliphatic carbocycles. The number of oxime groups is 1. The van der Waals surface area contributed by atoms with Crippen molar-refractivity contribution in [2.75, 3.05) is 13.1 Å². The minimum absolute atomic E-state index is 0. The number of halogens is 1. The van der Waals surface area contributed by atoms with Crippen LogP contribution in [0.4, 0.5) is 9.59 Å². The van der Waals surface area contributed by atoms with Gasteiger partial charge in [-0.05, 0) is 217 Å². The number of fused-ring (bicyclic) bond motifs is 12. The number of piperidine rings is 2. The molecule has 10 fully saturated rings. The molecule has 2 spiro atoms. The first kappa shape index (κ1) is 70.0. The topological polar surface area (TPSA) is 200 Å². The summed E-state index contributed by atoms with van der Waals surface area (Å²) in [5.74, 6) is 6.34. The van der Waals surface area contributed by atoms with E-state index in [0.717, 1.165) is 131 Å². The standard InChI is InChI=1S/C36H50N2O4.C36H49NO4.C2H4O2.ClH2NO.Na/c1-22-16-32-33(38(20-22)34(39)41-21-25-8-6-5-7-9-25)24(3)36(42-32)15-13-28-29-11-10-26-17-27(37-40)12-14-35(26,4)31(29)18-30(28)23(2)19-36;1-22-16-32-33(37(20-22)34(39)40-21-25-8-6-5-7-9-25)24(3)36(41-32)15-13-28-29-11-10-26-17-27(38)12-14-35(26,4)31(29)18-30(28)23(2)19-36;1-2(3)4;1-2-3;/h5-9,22,24,26,28-29,31-33,40H,10-21H2,1-4H3;5-9,22,24,26,28-29,31-33H,10-21H2,1-4H3;1H3,(H,3,4);2-3H;/q;;;;+1/p-1/t2*22-,24+,26+,28-,29-,31-,32+,33-,35-,36-;;;/m00.../s1. The van der Waals surface area contributed by atoms with Crippen LogP contribution in [0.1, 0.15) is 202 Å². The molecule has 0 aromatic heterocycles. The third kappa shape index (κ3) is 13.8. The van der Waals surface area contributed by atoms with Gasteiger partial charge in [0.25, 0.3) is 0 Å². The Hall–Kier alpha value is -3.80. The zero-order chi connectivity index (χ0) is 64.0. The molecule has 2 aromatic carbocycles. The van der Waals surface area contributed by atoms with E-state index >= 15 is 0 Å². The summed E-state index contributed by atoms with van der Waals surface area (Å²) in [5.41, 5.74) is 9.94. The number of allylic oxidation sites excluding steroid dienone is 2. The maximum absolute atomic E-state index is 13.5. The van der Waals surface area contributed by atoms with E-state index in [1.165, 1.54) is 62.8 Å². The number of nitrogens with zero attached hydrogens (tertiary/aromatic N) is 3. The number of aliphatic carboxylic acids is 1. The third-order valence-electron chi connectivity index (χ3n) is 26.2. The molecule has 14 rings (SSSR count). The van der Waals surface area contributed by atoms with Crippen LogP contribution in [0, 0.1) is 81.8 Å². The summed E-state index contributed by atoms with van der Waals surface area (Å²) in [5, 5.41) is 29.1. The Labute approximate surface area is 569 Å². The van der Waals surface area contributed by atoms with Gasteiger partial charge in [0.05, 0.1) is 41.2 Å². The fourth-order valence-corrected chi connectivity index (χ4v) is 21.8. The predicted octanol–water partition coefficient (Wildman–Crippen LogP) is 11.6. The van der Waals surface area contributed by atoms with Gasteiger partial charge in [-0.3, -0.25) is 4.79 Å². The number of Topliss-reactive ketones (excluding diaryl/α,β-unsaturated/α-hetero) is 1. The number of carboxylic acids is 1. The molecule has 6 saturated carbocycles. The van der Waals surface area contributed by atoms with Crippen molar-refractivity contribution in [2.45, 2.75) is 239 Å². The van der Waals surface area contributed by atoms with Gasteiger partial charge in [-0.2, -0.15) is 0 Å². The first-order valence-electron chi connectivity index (χ1n) is 34.6. The average Bonchev–Trinajstić information content (AvgIpc) is 1.61. The van der Waals surface area contributed by atoms with Crippen molar-refractivity contribution in [1.29, 1.82) is 0 Å². The zero-order valence-electron chi connectivity index (χ0n) is 56.3. The summed E-state index contributed by atoms with van der Waals surface area (Å²) >= 11 is 4.30. The molecular formula is C74H104ClN4NaO11. The van der Waals surface area contributed by atoms with Gasteiger partial charge in [0.2, 0.25) is 0 Å². The summed E-state index contributed by atoms with van der Waals surface area (Å²) in [6.07, 6.45) is 21.7. The molecule has 0 unspecified atom stereocenters. The Morgan fingerprint density at radius 1 is 0.659 bits per heavy atom. The Morgan fingerprint density at radius 3 is 1.48 bits per heavy atom. The fourth-order valence-electron chi connectivity index (χ4n) is 21.8. The maximum Gasteiger partial charge on any atom is 1.00 e. The summed E-state index contributed by atoms with van der Waals surface area (Å²) in [6.45, 7) is 22.2. The Kier molecular flexibility index (Phi) is 22.2. The summed E-state index contributed by atoms with van der Waals surface area (Å²) in [7, 11) is 0. The van der Waals surface area contributed by atoms with Crippen LogP contribution in [0.25, 0.3) is 0 Å². The molecule has 15 nitrogen and oxygen atoms in total. The molecule has 20 atom stereocenters. The van der Waals surface area contributed by atoms with Crippen molar-refractivity contribution >= 4 is 41.4 Å². The number of ketones is 1. The number of carboxylic acid groups (broad SMARTS) is 1. The molecule has 0 radical (unpaired) electrons. The van der Waals surface area contributed by atoms with Crippen molar-refractivity contribution < 1.29 is 83.2 Å². The van der Waals surface area contributed by atoms with E-state index in [0.29, 0.717) is 65.3 Å². The Balaban J connectivity index is 0.000000180. The van der Waals surface area contributed by atoms with Gasteiger partial charge >= 0.3 is 41.7 Å². The first-order chi connectivity index (χ1) is 43.0. The molecule has 4 saturated heterocycles. The summed E-state index contributed by atoms with van der Waals surface area (Å²) in [4.78, 5) is 53.5. The van der Waals surface area contributed by atoms with Crippen LogP contribution in [0.3, 0.4) is 0 Å². The SMILES string of the molecule is CC(=O)[O-].CC1=C2C[C@H]3[C@@H](CC[C@@H]4CC(=NO)CC[C@@]43C)[C@@H]2CC[C@@]2(C1)O[C@@H]1C[C@H](C)CN(C(=O)OCc3ccccc3)[C@H]1[C@H]2C.CC1=C2C[C@H]3[C@@H](CC[C@@H]4CC(=O)CC[C@@]43C)[C@@H]2CC[C@@]2(C1)O[C@@H]1C[C@H](C)CN(C(=O)OCc3ccccc3)[C@H]1[C@H]2C.ONCl.[Na+]. The number of nitrogens with one attached hydrogen (secondary N) is 1. The minimum atomic E-state index is -1.08. The van der Waals surface area contributed by atoms with Crippen molar-refractivity contribution in [1.82, 2.24) is 14.8 Å². The molecule has 0 bridgehead atoms. The molecule has 4 heterocycles.